The largest absolute Gasteiger partial charge is 0.465 e. The number of ether oxygens (including phenoxy) is 1. The summed E-state index contributed by atoms with van der Waals surface area (Å²) >= 11 is 0. The summed E-state index contributed by atoms with van der Waals surface area (Å²) in [5.74, 6) is -1.20. The molecule has 2 N–H and O–H groups in total. The van der Waals surface area contributed by atoms with Gasteiger partial charge in [0.05, 0.1) is 23.3 Å². The third-order valence-electron chi connectivity index (χ3n) is 5.36. The molecule has 0 unspecified atom stereocenters. The van der Waals surface area contributed by atoms with Crippen LogP contribution in [-0.4, -0.2) is 33.4 Å². The molecular weight excluding hydrogens is 452 g/mol. The van der Waals surface area contributed by atoms with Crippen LogP contribution in [-0.2, 0) is 26.0 Å². The van der Waals surface area contributed by atoms with Crippen LogP contribution in [0.3, 0.4) is 0 Å². The molecule has 1 atom stereocenters. The van der Waals surface area contributed by atoms with Crippen molar-refractivity contribution in [2.75, 3.05) is 12.4 Å². The van der Waals surface area contributed by atoms with Gasteiger partial charge < -0.3 is 10.1 Å². The second-order valence-electron chi connectivity index (χ2n) is 8.12. The van der Waals surface area contributed by atoms with Crippen molar-refractivity contribution in [1.82, 2.24) is 4.72 Å². The summed E-state index contributed by atoms with van der Waals surface area (Å²) in [6, 6.07) is 18.0. The number of esters is 1. The lowest BCUT2D eigenvalue weighted by Crippen LogP contribution is -2.45. The Morgan fingerprint density at radius 2 is 1.50 bits per heavy atom. The average molecular weight is 481 g/mol. The summed E-state index contributed by atoms with van der Waals surface area (Å²) < 4.78 is 34.2. The normalized spacial score (nSPS) is 12.1. The Kier molecular flexibility index (Phi) is 7.86. The Balaban J connectivity index is 1.97. The van der Waals surface area contributed by atoms with E-state index in [1.54, 1.807) is 44.2 Å². The third kappa shape index (κ3) is 5.89. The lowest BCUT2D eigenvalue weighted by atomic mass is 10.1. The topological polar surface area (TPSA) is 102 Å². The van der Waals surface area contributed by atoms with Crippen molar-refractivity contribution in [3.63, 3.8) is 0 Å². The number of para-hydroxylation sites is 1. The number of rotatable bonds is 8. The second kappa shape index (κ2) is 10.6. The molecule has 0 saturated carbocycles. The zero-order valence-electron chi connectivity index (χ0n) is 19.6. The molecular formula is C26H28N2O5S. The SMILES string of the molecule is COC(=O)c1ccccc1NC(=O)[C@@H](Cc1ccccc1)NS(=O)(=O)c1c(C)cc(C)cc1C. The first kappa shape index (κ1) is 25.1. The number of amides is 1. The van der Waals surface area contributed by atoms with Crippen LogP contribution in [0.15, 0.2) is 71.6 Å². The highest BCUT2D eigenvalue weighted by Crippen LogP contribution is 2.23. The zero-order chi connectivity index (χ0) is 24.9. The van der Waals surface area contributed by atoms with Crippen LogP contribution in [0, 0.1) is 20.8 Å². The van der Waals surface area contributed by atoms with Crippen LogP contribution in [0.1, 0.15) is 32.6 Å². The highest BCUT2D eigenvalue weighted by atomic mass is 32.2. The Bertz CT molecular complexity index is 1280. The number of hydrogen-bond acceptors (Lipinski definition) is 5. The molecule has 1 amide bonds. The number of sulfonamides is 1. The minimum absolute atomic E-state index is 0.121. The molecule has 7 nitrogen and oxygen atoms in total. The molecule has 178 valence electrons. The maximum atomic E-state index is 13.4. The van der Waals surface area contributed by atoms with Gasteiger partial charge in [-0.3, -0.25) is 4.79 Å². The first-order valence-corrected chi connectivity index (χ1v) is 12.2. The summed E-state index contributed by atoms with van der Waals surface area (Å²) in [7, 11) is -2.78. The molecule has 0 saturated heterocycles. The monoisotopic (exact) mass is 480 g/mol. The molecule has 0 aliphatic heterocycles. The first-order chi connectivity index (χ1) is 16.1. The fraction of sp³-hybridized carbons (Fsp3) is 0.231. The van der Waals surface area contributed by atoms with Gasteiger partial charge in [0.2, 0.25) is 15.9 Å². The van der Waals surface area contributed by atoms with E-state index in [0.717, 1.165) is 11.1 Å². The average Bonchev–Trinajstić information content (AvgIpc) is 2.78. The standard InChI is InChI=1S/C26H28N2O5S/c1-17-14-18(2)24(19(3)15-17)34(31,32)28-23(16-20-10-6-5-7-11-20)25(29)27-22-13-9-8-12-21(22)26(30)33-4/h5-15,23,28H,16H2,1-4H3,(H,27,29)/t23-/m1/s1. The summed E-state index contributed by atoms with van der Waals surface area (Å²) in [6.45, 7) is 5.36. The Labute approximate surface area is 200 Å². The summed E-state index contributed by atoms with van der Waals surface area (Å²) in [5.41, 5.74) is 3.33. The van der Waals surface area contributed by atoms with Crippen molar-refractivity contribution in [2.45, 2.75) is 38.1 Å². The van der Waals surface area contributed by atoms with Gasteiger partial charge in [-0.1, -0.05) is 60.2 Å². The first-order valence-electron chi connectivity index (χ1n) is 10.7. The van der Waals surface area contributed by atoms with Gasteiger partial charge in [0, 0.05) is 0 Å². The number of aryl methyl sites for hydroxylation is 3. The van der Waals surface area contributed by atoms with E-state index in [4.69, 9.17) is 4.74 Å². The smallest absolute Gasteiger partial charge is 0.339 e. The lowest BCUT2D eigenvalue weighted by molar-refractivity contribution is -0.117. The van der Waals surface area contributed by atoms with E-state index in [2.05, 4.69) is 10.0 Å². The van der Waals surface area contributed by atoms with Crippen LogP contribution >= 0.6 is 0 Å². The highest BCUT2D eigenvalue weighted by Gasteiger charge is 2.29. The molecule has 0 heterocycles. The van der Waals surface area contributed by atoms with Crippen molar-refractivity contribution >= 4 is 27.6 Å². The predicted molar refractivity (Wildman–Crippen MR) is 131 cm³/mol. The molecule has 3 aromatic carbocycles. The number of benzene rings is 3. The summed E-state index contributed by atoms with van der Waals surface area (Å²) in [4.78, 5) is 25.6. The maximum absolute atomic E-state index is 13.4. The Morgan fingerprint density at radius 3 is 2.12 bits per heavy atom. The lowest BCUT2D eigenvalue weighted by Gasteiger charge is -2.21. The molecule has 3 aromatic rings. The van der Waals surface area contributed by atoms with Crippen molar-refractivity contribution in [1.29, 1.82) is 0 Å². The quantitative estimate of drug-likeness (QED) is 0.476. The summed E-state index contributed by atoms with van der Waals surface area (Å²) in [6.07, 6.45) is 0.121. The zero-order valence-corrected chi connectivity index (χ0v) is 20.4. The van der Waals surface area contributed by atoms with Gasteiger partial charge in [-0.2, -0.15) is 4.72 Å². The van der Waals surface area contributed by atoms with Crippen LogP contribution in [0.4, 0.5) is 5.69 Å². The molecule has 0 bridgehead atoms. The second-order valence-corrected chi connectivity index (χ2v) is 9.77. The van der Waals surface area contributed by atoms with Crippen molar-refractivity contribution in [3.05, 3.63) is 94.5 Å². The van der Waals surface area contributed by atoms with Gasteiger partial charge in [-0.05, 0) is 56.0 Å². The minimum atomic E-state index is -4.03. The van der Waals surface area contributed by atoms with Crippen molar-refractivity contribution < 1.29 is 22.7 Å². The van der Waals surface area contributed by atoms with E-state index in [1.165, 1.54) is 13.2 Å². The number of methoxy groups -OCH3 is 1. The number of hydrogen-bond donors (Lipinski definition) is 2. The molecule has 3 rings (SSSR count). The number of carbonyl (C=O) groups is 2. The van der Waals surface area contributed by atoms with Crippen LogP contribution in [0.5, 0.6) is 0 Å². The van der Waals surface area contributed by atoms with Gasteiger partial charge in [0.25, 0.3) is 0 Å². The Morgan fingerprint density at radius 1 is 0.912 bits per heavy atom. The van der Waals surface area contributed by atoms with E-state index in [1.807, 2.05) is 37.3 Å². The number of nitrogens with one attached hydrogen (secondary N) is 2. The fourth-order valence-electron chi connectivity index (χ4n) is 3.97. The van der Waals surface area contributed by atoms with E-state index >= 15 is 0 Å². The van der Waals surface area contributed by atoms with Crippen LogP contribution < -0.4 is 10.0 Å². The minimum Gasteiger partial charge on any atom is -0.465 e. The number of anilines is 1. The molecule has 0 aliphatic rings. The molecule has 34 heavy (non-hydrogen) atoms. The van der Waals surface area contributed by atoms with Crippen LogP contribution in [0.25, 0.3) is 0 Å². The molecule has 0 fully saturated rings. The molecule has 0 radical (unpaired) electrons. The number of carbonyl (C=O) groups excluding carboxylic acids is 2. The Hall–Kier alpha value is -3.49. The van der Waals surface area contributed by atoms with E-state index in [9.17, 15) is 18.0 Å². The van der Waals surface area contributed by atoms with Gasteiger partial charge in [0.1, 0.15) is 6.04 Å². The summed E-state index contributed by atoms with van der Waals surface area (Å²) in [5, 5.41) is 2.69. The van der Waals surface area contributed by atoms with Gasteiger partial charge >= 0.3 is 5.97 Å². The highest BCUT2D eigenvalue weighted by molar-refractivity contribution is 7.89. The van der Waals surface area contributed by atoms with E-state index < -0.39 is 27.9 Å². The van der Waals surface area contributed by atoms with Crippen molar-refractivity contribution in [3.8, 4) is 0 Å². The van der Waals surface area contributed by atoms with Crippen LogP contribution in [0.2, 0.25) is 0 Å². The van der Waals surface area contributed by atoms with E-state index in [-0.39, 0.29) is 22.6 Å². The third-order valence-corrected chi connectivity index (χ3v) is 7.14. The fourth-order valence-corrected chi connectivity index (χ4v) is 5.62. The molecule has 0 spiro atoms. The predicted octanol–water partition coefficient (Wildman–Crippen LogP) is 3.93. The van der Waals surface area contributed by atoms with E-state index in [0.29, 0.717) is 11.1 Å². The van der Waals surface area contributed by atoms with Crippen molar-refractivity contribution in [2.24, 2.45) is 0 Å². The maximum Gasteiger partial charge on any atom is 0.339 e. The van der Waals surface area contributed by atoms with Gasteiger partial charge in [0.15, 0.2) is 0 Å². The molecule has 0 aliphatic carbocycles. The van der Waals surface area contributed by atoms with Gasteiger partial charge in [-0.15, -0.1) is 0 Å². The molecule has 8 heteroatoms. The molecule has 0 aromatic heterocycles. The van der Waals surface area contributed by atoms with Gasteiger partial charge in [-0.25, -0.2) is 13.2 Å².